The van der Waals surface area contributed by atoms with E-state index < -0.39 is 5.97 Å². The van der Waals surface area contributed by atoms with Crippen LogP contribution < -0.4 is 5.73 Å². The number of aromatic amines is 1. The minimum absolute atomic E-state index is 0.219. The number of rotatable bonds is 6. The van der Waals surface area contributed by atoms with Gasteiger partial charge in [-0.2, -0.15) is 0 Å². The van der Waals surface area contributed by atoms with Gasteiger partial charge in [-0.1, -0.05) is 30.3 Å². The normalized spacial score (nSPS) is 11.8. The van der Waals surface area contributed by atoms with E-state index in [0.29, 0.717) is 5.70 Å². The molecule has 3 N–H and O–H groups in total. The first kappa shape index (κ1) is 15.6. The second-order valence-corrected chi connectivity index (χ2v) is 4.87. The molecule has 0 bridgehead atoms. The highest BCUT2D eigenvalue weighted by Gasteiger charge is 1.98. The number of nitrogens with one attached hydrogen (secondary N) is 1. The molecule has 0 radical (unpaired) electrons. The Morgan fingerprint density at radius 2 is 2.14 bits per heavy atom. The van der Waals surface area contributed by atoms with Crippen molar-refractivity contribution in [3.8, 4) is 0 Å². The first-order valence-corrected chi connectivity index (χ1v) is 6.98. The van der Waals surface area contributed by atoms with Gasteiger partial charge in [-0.15, -0.1) is 0 Å². The highest BCUT2D eigenvalue weighted by Crippen LogP contribution is 2.09. The van der Waals surface area contributed by atoms with Crippen molar-refractivity contribution in [2.24, 2.45) is 5.73 Å². The van der Waals surface area contributed by atoms with Crippen LogP contribution in [0.1, 0.15) is 23.9 Å². The molecular weight excluding hydrogens is 278 g/mol. The summed E-state index contributed by atoms with van der Waals surface area (Å²) < 4.78 is 4.97. The standard InChI is InChI=1S/C17H19N3O2/c1-13(18)11-17(21)22-10-2-3-14-4-6-15(7-5-14)12-16-19-8-9-20-16/h2-9,11H,10,12,18H2,1H3,(H,19,20). The fraction of sp³-hybridized carbons (Fsp3) is 0.176. The van der Waals surface area contributed by atoms with Crippen molar-refractivity contribution >= 4 is 12.0 Å². The van der Waals surface area contributed by atoms with Gasteiger partial charge in [0, 0.05) is 30.6 Å². The lowest BCUT2D eigenvalue weighted by molar-refractivity contribution is -0.136. The second kappa shape index (κ2) is 7.83. The maximum atomic E-state index is 11.2. The number of H-pyrrole nitrogens is 1. The minimum atomic E-state index is -0.432. The summed E-state index contributed by atoms with van der Waals surface area (Å²) in [6.45, 7) is 1.86. The number of nitrogens with two attached hydrogens (primary N) is 1. The Bertz CT molecular complexity index is 652. The molecule has 0 spiro atoms. The van der Waals surface area contributed by atoms with Crippen molar-refractivity contribution in [2.45, 2.75) is 13.3 Å². The van der Waals surface area contributed by atoms with E-state index in [-0.39, 0.29) is 6.61 Å². The molecule has 0 unspecified atom stereocenters. The van der Waals surface area contributed by atoms with Crippen molar-refractivity contribution in [1.82, 2.24) is 9.97 Å². The summed E-state index contributed by atoms with van der Waals surface area (Å²) in [5, 5.41) is 0. The molecule has 0 aliphatic heterocycles. The summed E-state index contributed by atoms with van der Waals surface area (Å²) in [7, 11) is 0. The van der Waals surface area contributed by atoms with Crippen LogP contribution in [0.2, 0.25) is 0 Å². The van der Waals surface area contributed by atoms with Crippen molar-refractivity contribution < 1.29 is 9.53 Å². The van der Waals surface area contributed by atoms with E-state index in [0.717, 1.165) is 17.8 Å². The lowest BCUT2D eigenvalue weighted by Gasteiger charge is -2.00. The Hall–Kier alpha value is -2.82. The zero-order chi connectivity index (χ0) is 15.8. The van der Waals surface area contributed by atoms with Gasteiger partial charge in [-0.25, -0.2) is 9.78 Å². The molecule has 2 rings (SSSR count). The van der Waals surface area contributed by atoms with Gasteiger partial charge in [0.1, 0.15) is 12.4 Å². The molecule has 0 aliphatic carbocycles. The molecule has 0 amide bonds. The molecule has 22 heavy (non-hydrogen) atoms. The largest absolute Gasteiger partial charge is 0.458 e. The van der Waals surface area contributed by atoms with Crippen LogP contribution in [0.4, 0.5) is 0 Å². The highest BCUT2D eigenvalue weighted by atomic mass is 16.5. The Balaban J connectivity index is 1.82. The monoisotopic (exact) mass is 297 g/mol. The number of aromatic nitrogens is 2. The number of hydrogen-bond donors (Lipinski definition) is 2. The third-order valence-electron chi connectivity index (χ3n) is 2.88. The number of hydrogen-bond acceptors (Lipinski definition) is 4. The SMILES string of the molecule is CC(N)=CC(=O)OCC=Cc1ccc(Cc2ncc[nH]2)cc1. The second-order valence-electron chi connectivity index (χ2n) is 4.87. The van der Waals surface area contributed by atoms with Crippen LogP contribution in [-0.2, 0) is 16.0 Å². The Kier molecular flexibility index (Phi) is 5.54. The third kappa shape index (κ3) is 5.28. The highest BCUT2D eigenvalue weighted by molar-refractivity contribution is 5.82. The summed E-state index contributed by atoms with van der Waals surface area (Å²) in [4.78, 5) is 18.5. The van der Waals surface area contributed by atoms with Gasteiger partial charge in [0.15, 0.2) is 0 Å². The number of esters is 1. The fourth-order valence-corrected chi connectivity index (χ4v) is 1.88. The molecule has 114 valence electrons. The molecule has 1 aromatic carbocycles. The molecule has 0 fully saturated rings. The van der Waals surface area contributed by atoms with Crippen LogP contribution >= 0.6 is 0 Å². The van der Waals surface area contributed by atoms with E-state index in [1.165, 1.54) is 11.6 Å². The van der Waals surface area contributed by atoms with Gasteiger partial charge < -0.3 is 15.5 Å². The van der Waals surface area contributed by atoms with Gasteiger partial charge in [0.25, 0.3) is 0 Å². The van der Waals surface area contributed by atoms with Gasteiger partial charge in [-0.05, 0) is 24.1 Å². The van der Waals surface area contributed by atoms with E-state index in [1.807, 2.05) is 24.4 Å². The van der Waals surface area contributed by atoms with Gasteiger partial charge in [0.2, 0.25) is 0 Å². The quantitative estimate of drug-likeness (QED) is 0.634. The molecule has 0 aliphatic rings. The van der Waals surface area contributed by atoms with E-state index in [9.17, 15) is 4.79 Å². The van der Waals surface area contributed by atoms with Crippen molar-refractivity contribution in [2.75, 3.05) is 6.61 Å². The van der Waals surface area contributed by atoms with Crippen LogP contribution in [-0.4, -0.2) is 22.5 Å². The van der Waals surface area contributed by atoms with Crippen LogP contribution in [0.25, 0.3) is 6.08 Å². The molecule has 0 saturated heterocycles. The number of carbonyl (C=O) groups excluding carboxylic acids is 1. The van der Waals surface area contributed by atoms with Crippen LogP contribution in [0.15, 0.2) is 54.5 Å². The van der Waals surface area contributed by atoms with E-state index in [2.05, 4.69) is 22.1 Å². The maximum Gasteiger partial charge on any atom is 0.332 e. The number of imidazole rings is 1. The van der Waals surface area contributed by atoms with Gasteiger partial charge in [0.05, 0.1) is 0 Å². The third-order valence-corrected chi connectivity index (χ3v) is 2.88. The number of allylic oxidation sites excluding steroid dienone is 1. The molecule has 5 nitrogen and oxygen atoms in total. The van der Waals surface area contributed by atoms with Gasteiger partial charge in [-0.3, -0.25) is 0 Å². The zero-order valence-electron chi connectivity index (χ0n) is 12.5. The summed E-state index contributed by atoms with van der Waals surface area (Å²) in [5.74, 6) is 0.511. The average Bonchev–Trinajstić information content (AvgIpc) is 2.97. The number of benzene rings is 1. The summed E-state index contributed by atoms with van der Waals surface area (Å²) in [6, 6.07) is 8.13. The topological polar surface area (TPSA) is 81.0 Å². The molecule has 0 atom stereocenters. The molecular formula is C17H19N3O2. The molecule has 5 heteroatoms. The Morgan fingerprint density at radius 3 is 2.77 bits per heavy atom. The van der Waals surface area contributed by atoms with E-state index in [4.69, 9.17) is 10.5 Å². The lowest BCUT2D eigenvalue weighted by atomic mass is 10.1. The number of nitrogens with zero attached hydrogens (tertiary/aromatic N) is 1. The molecule has 0 saturated carbocycles. The summed E-state index contributed by atoms with van der Waals surface area (Å²) in [6.07, 6.45) is 9.29. The lowest BCUT2D eigenvalue weighted by Crippen LogP contribution is -2.03. The zero-order valence-corrected chi connectivity index (χ0v) is 12.5. The minimum Gasteiger partial charge on any atom is -0.458 e. The first-order valence-electron chi connectivity index (χ1n) is 6.98. The smallest absolute Gasteiger partial charge is 0.332 e. The fourth-order valence-electron chi connectivity index (χ4n) is 1.88. The molecule has 1 aromatic heterocycles. The van der Waals surface area contributed by atoms with Crippen LogP contribution in [0.3, 0.4) is 0 Å². The van der Waals surface area contributed by atoms with Crippen molar-refractivity contribution in [3.05, 3.63) is 71.5 Å². The number of ether oxygens (including phenoxy) is 1. The molecule has 1 heterocycles. The predicted octanol–water partition coefficient (Wildman–Crippen LogP) is 2.42. The summed E-state index contributed by atoms with van der Waals surface area (Å²) in [5.41, 5.74) is 8.05. The number of carbonyl (C=O) groups is 1. The molecule has 2 aromatic rings. The van der Waals surface area contributed by atoms with Crippen molar-refractivity contribution in [1.29, 1.82) is 0 Å². The summed E-state index contributed by atoms with van der Waals surface area (Å²) >= 11 is 0. The Morgan fingerprint density at radius 1 is 1.36 bits per heavy atom. The maximum absolute atomic E-state index is 11.2. The Labute approximate surface area is 129 Å². The first-order chi connectivity index (χ1) is 10.6. The van der Waals surface area contributed by atoms with Crippen molar-refractivity contribution in [3.63, 3.8) is 0 Å². The average molecular weight is 297 g/mol. The van der Waals surface area contributed by atoms with Gasteiger partial charge >= 0.3 is 5.97 Å². The van der Waals surface area contributed by atoms with Crippen LogP contribution in [0, 0.1) is 0 Å². The predicted molar refractivity (Wildman–Crippen MR) is 85.8 cm³/mol. The van der Waals surface area contributed by atoms with E-state index >= 15 is 0 Å². The van der Waals surface area contributed by atoms with Crippen LogP contribution in [0.5, 0.6) is 0 Å². The van der Waals surface area contributed by atoms with E-state index in [1.54, 1.807) is 19.2 Å².